The normalized spacial score (nSPS) is 16.6. The van der Waals surface area contributed by atoms with Crippen molar-refractivity contribution >= 4 is 29.0 Å². The Balaban J connectivity index is 1.47. The van der Waals surface area contributed by atoms with Crippen LogP contribution in [0.25, 0.3) is 0 Å². The number of hydrogen-bond acceptors (Lipinski definition) is 5. The first-order valence-corrected chi connectivity index (χ1v) is 10.2. The molecule has 0 spiro atoms. The van der Waals surface area contributed by atoms with Crippen LogP contribution in [0.3, 0.4) is 0 Å². The molecule has 0 aliphatic carbocycles. The standard InChI is InChI=1S/C23H25N5O2/c1-26-14-16-27(17-15-26)13-6-2-3-11-21(29)28-20-10-5-4-8-18(20)23(30)25-19-9-7-12-24-22(19)28/h4-5,7-10,12H,3,11,13-17H2,1H3,(H,25,30). The molecule has 1 aromatic heterocycles. The van der Waals surface area contributed by atoms with Gasteiger partial charge in [-0.15, -0.1) is 5.92 Å². The van der Waals surface area contributed by atoms with Gasteiger partial charge in [-0.05, 0) is 31.3 Å². The average Bonchev–Trinajstić information content (AvgIpc) is 2.88. The van der Waals surface area contributed by atoms with E-state index in [0.717, 1.165) is 32.7 Å². The van der Waals surface area contributed by atoms with Gasteiger partial charge in [0.2, 0.25) is 5.91 Å². The molecule has 30 heavy (non-hydrogen) atoms. The number of benzene rings is 1. The highest BCUT2D eigenvalue weighted by molar-refractivity contribution is 6.17. The van der Waals surface area contributed by atoms with E-state index in [1.165, 1.54) is 4.90 Å². The Labute approximate surface area is 176 Å². The molecule has 0 radical (unpaired) electrons. The van der Waals surface area contributed by atoms with E-state index in [0.29, 0.717) is 29.2 Å². The number of carbonyl (C=O) groups excluding carboxylic acids is 2. The van der Waals surface area contributed by atoms with Crippen LogP contribution in [0.2, 0.25) is 0 Å². The monoisotopic (exact) mass is 403 g/mol. The topological polar surface area (TPSA) is 68.8 Å². The van der Waals surface area contributed by atoms with Crippen molar-refractivity contribution in [3.8, 4) is 11.8 Å². The highest BCUT2D eigenvalue weighted by Crippen LogP contribution is 2.36. The van der Waals surface area contributed by atoms with Crippen molar-refractivity contribution in [3.05, 3.63) is 48.2 Å². The number of likely N-dealkylation sites (N-methyl/N-ethyl adjacent to an activating group) is 1. The number of nitrogens with zero attached hydrogens (tertiary/aromatic N) is 4. The molecule has 0 unspecified atom stereocenters. The molecule has 2 aliphatic rings. The predicted octanol–water partition coefficient (Wildman–Crippen LogP) is 2.34. The third-order valence-corrected chi connectivity index (χ3v) is 5.37. The van der Waals surface area contributed by atoms with E-state index in [2.05, 4.69) is 39.0 Å². The first-order valence-electron chi connectivity index (χ1n) is 10.2. The lowest BCUT2D eigenvalue weighted by atomic mass is 10.1. The zero-order valence-electron chi connectivity index (χ0n) is 17.1. The van der Waals surface area contributed by atoms with E-state index in [9.17, 15) is 9.59 Å². The van der Waals surface area contributed by atoms with Gasteiger partial charge >= 0.3 is 0 Å². The van der Waals surface area contributed by atoms with Gasteiger partial charge in [-0.3, -0.25) is 19.4 Å². The van der Waals surface area contributed by atoms with Gasteiger partial charge in [-0.2, -0.15) is 0 Å². The van der Waals surface area contributed by atoms with Crippen LogP contribution in [0.4, 0.5) is 17.2 Å². The summed E-state index contributed by atoms with van der Waals surface area (Å²) >= 11 is 0. The number of anilines is 3. The maximum absolute atomic E-state index is 13.1. The van der Waals surface area contributed by atoms with Crippen LogP contribution in [0.1, 0.15) is 23.2 Å². The number of piperazine rings is 1. The Morgan fingerprint density at radius 2 is 1.90 bits per heavy atom. The summed E-state index contributed by atoms with van der Waals surface area (Å²) in [6.07, 6.45) is 2.35. The van der Waals surface area contributed by atoms with E-state index in [1.54, 1.807) is 36.5 Å². The molecule has 2 amide bonds. The number of pyridine rings is 1. The van der Waals surface area contributed by atoms with Crippen molar-refractivity contribution in [2.24, 2.45) is 0 Å². The number of hydrogen-bond donors (Lipinski definition) is 1. The van der Waals surface area contributed by atoms with Crippen LogP contribution in [-0.2, 0) is 4.79 Å². The second-order valence-electron chi connectivity index (χ2n) is 7.51. The van der Waals surface area contributed by atoms with Crippen LogP contribution in [0.5, 0.6) is 0 Å². The van der Waals surface area contributed by atoms with Crippen molar-refractivity contribution in [2.45, 2.75) is 12.8 Å². The third kappa shape index (κ3) is 4.35. The quantitative estimate of drug-likeness (QED) is 0.797. The van der Waals surface area contributed by atoms with E-state index in [-0.39, 0.29) is 18.2 Å². The molecular weight excluding hydrogens is 378 g/mol. The van der Waals surface area contributed by atoms with Gasteiger partial charge in [-0.25, -0.2) is 4.98 Å². The van der Waals surface area contributed by atoms with E-state index in [4.69, 9.17) is 0 Å². The van der Waals surface area contributed by atoms with Crippen molar-refractivity contribution in [1.82, 2.24) is 14.8 Å². The number of nitrogens with one attached hydrogen (secondary N) is 1. The Hall–Kier alpha value is -3.21. The summed E-state index contributed by atoms with van der Waals surface area (Å²) in [5, 5.41) is 2.85. The van der Waals surface area contributed by atoms with Gasteiger partial charge in [0.25, 0.3) is 5.91 Å². The second kappa shape index (κ2) is 9.08. The first kappa shape index (κ1) is 20.1. The van der Waals surface area contributed by atoms with Gasteiger partial charge in [0.05, 0.1) is 23.5 Å². The lowest BCUT2D eigenvalue weighted by Gasteiger charge is -2.30. The molecule has 1 N–H and O–H groups in total. The van der Waals surface area contributed by atoms with Crippen LogP contribution in [0.15, 0.2) is 42.6 Å². The molecular formula is C23H25N5O2. The molecule has 0 bridgehead atoms. The Morgan fingerprint density at radius 3 is 2.73 bits per heavy atom. The Bertz CT molecular complexity index is 1000. The van der Waals surface area contributed by atoms with Crippen molar-refractivity contribution in [1.29, 1.82) is 0 Å². The summed E-state index contributed by atoms with van der Waals surface area (Å²) in [6.45, 7) is 4.91. The fraction of sp³-hybridized carbons (Fsp3) is 0.348. The zero-order chi connectivity index (χ0) is 20.9. The van der Waals surface area contributed by atoms with Gasteiger partial charge < -0.3 is 10.2 Å². The van der Waals surface area contributed by atoms with E-state index in [1.807, 2.05) is 6.07 Å². The molecule has 0 saturated carbocycles. The molecule has 7 heteroatoms. The molecule has 1 saturated heterocycles. The van der Waals surface area contributed by atoms with Crippen LogP contribution in [-0.4, -0.2) is 66.4 Å². The molecule has 154 valence electrons. The number of fused-ring (bicyclic) bond motifs is 2. The van der Waals surface area contributed by atoms with Crippen molar-refractivity contribution < 1.29 is 9.59 Å². The third-order valence-electron chi connectivity index (χ3n) is 5.37. The van der Waals surface area contributed by atoms with Gasteiger partial charge in [0.15, 0.2) is 5.82 Å². The molecule has 7 nitrogen and oxygen atoms in total. The van der Waals surface area contributed by atoms with Crippen LogP contribution in [0, 0.1) is 11.8 Å². The highest BCUT2D eigenvalue weighted by Gasteiger charge is 2.29. The number of para-hydroxylation sites is 1. The fourth-order valence-electron chi connectivity index (χ4n) is 3.63. The van der Waals surface area contributed by atoms with E-state index < -0.39 is 0 Å². The molecule has 4 rings (SSSR count). The molecule has 1 aromatic carbocycles. The summed E-state index contributed by atoms with van der Waals surface area (Å²) in [5.41, 5.74) is 1.51. The maximum atomic E-state index is 13.1. The van der Waals surface area contributed by atoms with Gasteiger partial charge in [-0.1, -0.05) is 18.1 Å². The predicted molar refractivity (Wildman–Crippen MR) is 117 cm³/mol. The minimum atomic E-state index is -0.248. The summed E-state index contributed by atoms with van der Waals surface area (Å²) in [5.74, 6) is 6.38. The Kier molecular flexibility index (Phi) is 6.07. The van der Waals surface area contributed by atoms with Crippen molar-refractivity contribution in [2.75, 3.05) is 50.0 Å². The van der Waals surface area contributed by atoms with Crippen molar-refractivity contribution in [3.63, 3.8) is 0 Å². The SMILES string of the molecule is CN1CCN(CC#CCCC(=O)N2c3ccccc3C(=O)Nc3cccnc32)CC1. The largest absolute Gasteiger partial charge is 0.319 e. The van der Waals surface area contributed by atoms with Gasteiger partial charge in [0, 0.05) is 45.2 Å². The average molecular weight is 403 g/mol. The molecule has 1 fully saturated rings. The summed E-state index contributed by atoms with van der Waals surface area (Å²) in [4.78, 5) is 36.3. The van der Waals surface area contributed by atoms with Gasteiger partial charge in [0.1, 0.15) is 0 Å². The molecule has 3 heterocycles. The highest BCUT2D eigenvalue weighted by atomic mass is 16.2. The fourth-order valence-corrected chi connectivity index (χ4v) is 3.63. The summed E-state index contributed by atoms with van der Waals surface area (Å²) < 4.78 is 0. The van der Waals surface area contributed by atoms with Crippen LogP contribution < -0.4 is 10.2 Å². The number of rotatable bonds is 3. The summed E-state index contributed by atoms with van der Waals surface area (Å²) in [6, 6.07) is 10.6. The minimum Gasteiger partial charge on any atom is -0.319 e. The first-order chi connectivity index (χ1) is 14.6. The smallest absolute Gasteiger partial charge is 0.257 e. The molecule has 0 atom stereocenters. The second-order valence-corrected chi connectivity index (χ2v) is 7.51. The van der Waals surface area contributed by atoms with E-state index >= 15 is 0 Å². The molecule has 2 aliphatic heterocycles. The lowest BCUT2D eigenvalue weighted by Crippen LogP contribution is -2.44. The maximum Gasteiger partial charge on any atom is 0.257 e. The summed E-state index contributed by atoms with van der Waals surface area (Å²) in [7, 11) is 2.13. The molecule has 2 aromatic rings. The minimum absolute atomic E-state index is 0.132. The number of aromatic nitrogens is 1. The number of amides is 2. The number of carbonyl (C=O) groups is 2. The van der Waals surface area contributed by atoms with Crippen LogP contribution >= 0.6 is 0 Å². The lowest BCUT2D eigenvalue weighted by molar-refractivity contribution is -0.117. The zero-order valence-corrected chi connectivity index (χ0v) is 17.1. The Morgan fingerprint density at radius 1 is 1.10 bits per heavy atom.